The van der Waals surface area contributed by atoms with Crippen LogP contribution in [0.5, 0.6) is 5.75 Å². The molecular formula is C31H41F3N4O4. The van der Waals surface area contributed by atoms with Gasteiger partial charge >= 0.3 is 6.18 Å². The first-order valence-corrected chi connectivity index (χ1v) is 14.5. The molecule has 1 aliphatic rings. The fraction of sp³-hybridized carbons (Fsp3) is 0.516. The smallest absolute Gasteiger partial charge is 0.416 e. The molecule has 2 aromatic carbocycles. The average Bonchev–Trinajstić information content (AvgIpc) is 2.94. The summed E-state index contributed by atoms with van der Waals surface area (Å²) in [6, 6.07) is 9.71. The van der Waals surface area contributed by atoms with Gasteiger partial charge in [-0.05, 0) is 60.9 Å². The van der Waals surface area contributed by atoms with Crippen LogP contribution in [-0.2, 0) is 33.4 Å². The lowest BCUT2D eigenvalue weighted by atomic mass is 9.99. The van der Waals surface area contributed by atoms with Gasteiger partial charge in [-0.2, -0.15) is 13.2 Å². The molecule has 3 atom stereocenters. The van der Waals surface area contributed by atoms with Crippen LogP contribution in [0.15, 0.2) is 48.5 Å². The molecule has 0 saturated carbocycles. The SMILES string of the molecule is CCC[C@@H]1NC(=O)[C@@H](C(C)C)NC(=O)[C@@H](Cc2ccc(C(F)(F)F)cc2)NCCOc2ccccc2CCCNC1=O. The number of fused-ring (bicyclic) bond motifs is 1. The Balaban J connectivity index is 1.86. The van der Waals surface area contributed by atoms with Gasteiger partial charge in [0, 0.05) is 13.1 Å². The number of amides is 3. The lowest BCUT2D eigenvalue weighted by molar-refractivity contribution is -0.137. The van der Waals surface area contributed by atoms with E-state index in [4.69, 9.17) is 4.74 Å². The van der Waals surface area contributed by atoms with Gasteiger partial charge in [-0.3, -0.25) is 14.4 Å². The number of aryl methyl sites for hydroxylation is 1. The summed E-state index contributed by atoms with van der Waals surface area (Å²) in [5, 5.41) is 11.7. The zero-order valence-electron chi connectivity index (χ0n) is 24.4. The number of ether oxygens (including phenoxy) is 1. The molecular weight excluding hydrogens is 549 g/mol. The van der Waals surface area contributed by atoms with E-state index < -0.39 is 41.7 Å². The average molecular weight is 591 g/mol. The molecule has 0 spiro atoms. The highest BCUT2D eigenvalue weighted by Crippen LogP contribution is 2.29. The van der Waals surface area contributed by atoms with Gasteiger partial charge in [-0.1, -0.05) is 57.5 Å². The Morgan fingerprint density at radius 1 is 0.905 bits per heavy atom. The van der Waals surface area contributed by atoms with Crippen LogP contribution in [0.4, 0.5) is 13.2 Å². The van der Waals surface area contributed by atoms with E-state index in [1.54, 1.807) is 13.8 Å². The fourth-order valence-corrected chi connectivity index (χ4v) is 4.79. The molecule has 8 nitrogen and oxygen atoms in total. The molecule has 230 valence electrons. The topological polar surface area (TPSA) is 109 Å². The molecule has 0 saturated heterocycles. The number of alkyl halides is 3. The number of hydrogen-bond donors (Lipinski definition) is 4. The van der Waals surface area contributed by atoms with Crippen molar-refractivity contribution in [1.29, 1.82) is 0 Å². The minimum atomic E-state index is -4.47. The first-order valence-electron chi connectivity index (χ1n) is 14.5. The van der Waals surface area contributed by atoms with Gasteiger partial charge in [0.05, 0.1) is 11.6 Å². The Morgan fingerprint density at radius 3 is 2.29 bits per heavy atom. The van der Waals surface area contributed by atoms with Crippen LogP contribution in [0.2, 0.25) is 0 Å². The van der Waals surface area contributed by atoms with Gasteiger partial charge in [0.15, 0.2) is 0 Å². The first-order chi connectivity index (χ1) is 20.0. The summed E-state index contributed by atoms with van der Waals surface area (Å²) >= 11 is 0. The maximum atomic E-state index is 13.5. The van der Waals surface area contributed by atoms with Crippen LogP contribution in [0.1, 0.15) is 56.7 Å². The maximum absolute atomic E-state index is 13.5. The Bertz CT molecular complexity index is 1190. The van der Waals surface area contributed by atoms with Gasteiger partial charge in [-0.25, -0.2) is 0 Å². The van der Waals surface area contributed by atoms with Crippen LogP contribution in [0, 0.1) is 5.92 Å². The van der Waals surface area contributed by atoms with Crippen LogP contribution >= 0.6 is 0 Å². The Hall–Kier alpha value is -3.60. The van der Waals surface area contributed by atoms with E-state index in [0.29, 0.717) is 43.5 Å². The number of nitrogens with one attached hydrogen (secondary N) is 4. The molecule has 1 heterocycles. The van der Waals surface area contributed by atoms with E-state index in [-0.39, 0.29) is 31.4 Å². The summed E-state index contributed by atoms with van der Waals surface area (Å²) < 4.78 is 45.2. The second-order valence-electron chi connectivity index (χ2n) is 10.8. The van der Waals surface area contributed by atoms with Gasteiger partial charge in [0.2, 0.25) is 17.7 Å². The van der Waals surface area contributed by atoms with Gasteiger partial charge < -0.3 is 26.0 Å². The number of carbonyl (C=O) groups excluding carboxylic acids is 3. The molecule has 0 bridgehead atoms. The minimum Gasteiger partial charge on any atom is -0.492 e. The third-order valence-electron chi connectivity index (χ3n) is 7.14. The quantitative estimate of drug-likeness (QED) is 0.424. The highest BCUT2D eigenvalue weighted by molar-refractivity contribution is 5.93. The van der Waals surface area contributed by atoms with E-state index in [0.717, 1.165) is 17.7 Å². The molecule has 2 aromatic rings. The van der Waals surface area contributed by atoms with Gasteiger partial charge in [-0.15, -0.1) is 0 Å². The number of halogens is 3. The lowest BCUT2D eigenvalue weighted by Crippen LogP contribution is -2.58. The van der Waals surface area contributed by atoms with Crippen molar-refractivity contribution in [2.45, 2.75) is 77.2 Å². The summed E-state index contributed by atoms with van der Waals surface area (Å²) in [4.78, 5) is 39.8. The highest BCUT2D eigenvalue weighted by Gasteiger charge is 2.32. The van der Waals surface area contributed by atoms with Gasteiger partial charge in [0.25, 0.3) is 0 Å². The van der Waals surface area contributed by atoms with Crippen LogP contribution < -0.4 is 26.0 Å². The zero-order valence-corrected chi connectivity index (χ0v) is 24.4. The molecule has 0 aromatic heterocycles. The summed E-state index contributed by atoms with van der Waals surface area (Å²) in [5.41, 5.74) is 0.724. The number of benzene rings is 2. The Labute approximate surface area is 245 Å². The van der Waals surface area contributed by atoms with Crippen LogP contribution in [0.25, 0.3) is 0 Å². The molecule has 4 N–H and O–H groups in total. The number of rotatable bonds is 5. The summed E-state index contributed by atoms with van der Waals surface area (Å²) in [5.74, 6) is -0.838. The summed E-state index contributed by atoms with van der Waals surface area (Å²) in [6.45, 7) is 6.43. The van der Waals surface area contributed by atoms with Crippen molar-refractivity contribution < 1.29 is 32.3 Å². The summed E-state index contributed by atoms with van der Waals surface area (Å²) in [6.07, 6.45) is -1.92. The zero-order chi connectivity index (χ0) is 30.7. The van der Waals surface area contributed by atoms with Crippen molar-refractivity contribution in [2.75, 3.05) is 19.7 Å². The molecule has 42 heavy (non-hydrogen) atoms. The van der Waals surface area contributed by atoms with E-state index >= 15 is 0 Å². The molecule has 1 aliphatic heterocycles. The number of hydrogen-bond acceptors (Lipinski definition) is 5. The Kier molecular flexibility index (Phi) is 12.2. The van der Waals surface area contributed by atoms with Gasteiger partial charge in [0.1, 0.15) is 24.4 Å². The standard InChI is InChI=1S/C31H41F3N4O4/c1-4-8-24-28(39)36-16-7-10-22-9-5-6-11-26(22)42-18-17-35-25(29(40)38-27(20(2)3)30(41)37-24)19-21-12-14-23(15-13-21)31(32,33)34/h5-6,9,11-15,20,24-25,27,35H,4,7-8,10,16-19H2,1-3H3,(H,36,39)(H,37,41)(H,38,40)/t24-,25+,27+/m0/s1. The second kappa shape index (κ2) is 15.6. The third kappa shape index (κ3) is 9.75. The highest BCUT2D eigenvalue weighted by atomic mass is 19.4. The third-order valence-corrected chi connectivity index (χ3v) is 7.14. The Morgan fingerprint density at radius 2 is 1.62 bits per heavy atom. The lowest BCUT2D eigenvalue weighted by Gasteiger charge is -2.27. The van der Waals surface area contributed by atoms with Crippen molar-refractivity contribution in [1.82, 2.24) is 21.3 Å². The number of carbonyl (C=O) groups is 3. The molecule has 0 aliphatic carbocycles. The van der Waals surface area contributed by atoms with Crippen LogP contribution in [0.3, 0.4) is 0 Å². The predicted molar refractivity (Wildman–Crippen MR) is 154 cm³/mol. The summed E-state index contributed by atoms with van der Waals surface area (Å²) in [7, 11) is 0. The predicted octanol–water partition coefficient (Wildman–Crippen LogP) is 3.77. The molecule has 0 radical (unpaired) electrons. The molecule has 3 rings (SSSR count). The maximum Gasteiger partial charge on any atom is 0.416 e. The largest absolute Gasteiger partial charge is 0.492 e. The van der Waals surface area contributed by atoms with E-state index in [9.17, 15) is 27.6 Å². The van der Waals surface area contributed by atoms with Crippen molar-refractivity contribution >= 4 is 17.7 Å². The van der Waals surface area contributed by atoms with Crippen LogP contribution in [-0.4, -0.2) is 55.5 Å². The van der Waals surface area contributed by atoms with Crippen molar-refractivity contribution in [3.8, 4) is 5.75 Å². The number of para-hydroxylation sites is 1. The monoisotopic (exact) mass is 590 g/mol. The normalized spacial score (nSPS) is 21.7. The van der Waals surface area contributed by atoms with E-state index in [1.807, 2.05) is 31.2 Å². The molecule has 3 amide bonds. The van der Waals surface area contributed by atoms with Crippen molar-refractivity contribution in [3.05, 3.63) is 65.2 Å². The van der Waals surface area contributed by atoms with E-state index in [2.05, 4.69) is 21.3 Å². The van der Waals surface area contributed by atoms with Crippen molar-refractivity contribution in [2.24, 2.45) is 5.92 Å². The molecule has 0 fully saturated rings. The fourth-order valence-electron chi connectivity index (χ4n) is 4.79. The minimum absolute atomic E-state index is 0.0911. The first kappa shape index (κ1) is 32.9. The van der Waals surface area contributed by atoms with E-state index in [1.165, 1.54) is 12.1 Å². The molecule has 11 heteroatoms. The van der Waals surface area contributed by atoms with Crippen molar-refractivity contribution in [3.63, 3.8) is 0 Å². The second-order valence-corrected chi connectivity index (χ2v) is 10.8. The molecule has 0 unspecified atom stereocenters.